The lowest BCUT2D eigenvalue weighted by Crippen LogP contribution is -2.51. The van der Waals surface area contributed by atoms with Gasteiger partial charge in [-0.15, -0.1) is 0 Å². The van der Waals surface area contributed by atoms with Gasteiger partial charge in [-0.05, 0) is 25.7 Å². The maximum absolute atomic E-state index is 11.8. The molecule has 7 heteroatoms. The fourth-order valence-electron chi connectivity index (χ4n) is 2.60. The standard InChI is InChI=1S/C13H23N3O4/c14-10(17)5-1-4-8-15-12(20)16-13(9-11(18)19)6-2-3-7-13/h1-9H2,(H2,14,17)(H,18,19)(H2,15,16,20). The molecule has 114 valence electrons. The van der Waals surface area contributed by atoms with Crippen LogP contribution in [0.4, 0.5) is 4.79 Å². The van der Waals surface area contributed by atoms with E-state index in [-0.39, 0.29) is 18.4 Å². The smallest absolute Gasteiger partial charge is 0.315 e. The van der Waals surface area contributed by atoms with Crippen molar-refractivity contribution in [2.75, 3.05) is 6.54 Å². The summed E-state index contributed by atoms with van der Waals surface area (Å²) in [5, 5.41) is 14.4. The van der Waals surface area contributed by atoms with E-state index in [0.29, 0.717) is 38.6 Å². The molecule has 0 aromatic heterocycles. The Labute approximate surface area is 118 Å². The van der Waals surface area contributed by atoms with Gasteiger partial charge >= 0.3 is 12.0 Å². The second-order valence-electron chi connectivity index (χ2n) is 5.36. The van der Waals surface area contributed by atoms with Crippen LogP contribution in [-0.4, -0.2) is 35.1 Å². The Balaban J connectivity index is 2.28. The number of carbonyl (C=O) groups excluding carboxylic acids is 2. The van der Waals surface area contributed by atoms with Gasteiger partial charge in [-0.1, -0.05) is 12.8 Å². The maximum atomic E-state index is 11.8. The van der Waals surface area contributed by atoms with Crippen molar-refractivity contribution < 1.29 is 19.5 Å². The lowest BCUT2D eigenvalue weighted by atomic mass is 9.93. The van der Waals surface area contributed by atoms with Crippen LogP contribution in [0.15, 0.2) is 0 Å². The summed E-state index contributed by atoms with van der Waals surface area (Å²) in [6, 6.07) is -0.341. The average Bonchev–Trinajstić information content (AvgIpc) is 2.75. The van der Waals surface area contributed by atoms with E-state index in [2.05, 4.69) is 10.6 Å². The number of primary amides is 1. The van der Waals surface area contributed by atoms with Crippen LogP contribution >= 0.6 is 0 Å². The number of rotatable bonds is 8. The molecule has 1 rings (SSSR count). The van der Waals surface area contributed by atoms with Gasteiger partial charge in [0.1, 0.15) is 0 Å². The minimum absolute atomic E-state index is 0.0396. The van der Waals surface area contributed by atoms with Gasteiger partial charge in [0.25, 0.3) is 0 Å². The first-order valence-corrected chi connectivity index (χ1v) is 7.00. The fraction of sp³-hybridized carbons (Fsp3) is 0.769. The number of aliphatic carboxylic acids is 1. The summed E-state index contributed by atoms with van der Waals surface area (Å²) in [6.07, 6.45) is 4.85. The minimum Gasteiger partial charge on any atom is -0.481 e. The summed E-state index contributed by atoms with van der Waals surface area (Å²) in [7, 11) is 0. The first-order valence-electron chi connectivity index (χ1n) is 7.00. The predicted molar refractivity (Wildman–Crippen MR) is 73.0 cm³/mol. The van der Waals surface area contributed by atoms with Gasteiger partial charge in [0.2, 0.25) is 5.91 Å². The molecule has 7 nitrogen and oxygen atoms in total. The van der Waals surface area contributed by atoms with Crippen LogP contribution in [0.25, 0.3) is 0 Å². The summed E-state index contributed by atoms with van der Waals surface area (Å²) < 4.78 is 0. The Morgan fingerprint density at radius 1 is 1.15 bits per heavy atom. The quantitative estimate of drug-likeness (QED) is 0.491. The molecule has 1 saturated carbocycles. The molecular weight excluding hydrogens is 262 g/mol. The molecule has 0 atom stereocenters. The van der Waals surface area contributed by atoms with Crippen LogP contribution < -0.4 is 16.4 Å². The number of nitrogens with one attached hydrogen (secondary N) is 2. The molecule has 0 aliphatic heterocycles. The number of carboxylic acid groups (broad SMARTS) is 1. The van der Waals surface area contributed by atoms with Crippen LogP contribution in [0.1, 0.15) is 51.4 Å². The average molecular weight is 285 g/mol. The van der Waals surface area contributed by atoms with Crippen molar-refractivity contribution in [1.29, 1.82) is 0 Å². The molecule has 0 spiro atoms. The third-order valence-electron chi connectivity index (χ3n) is 3.56. The van der Waals surface area contributed by atoms with Crippen LogP contribution in [0.5, 0.6) is 0 Å². The highest BCUT2D eigenvalue weighted by Crippen LogP contribution is 2.32. The normalized spacial score (nSPS) is 16.6. The Bertz CT molecular complexity index is 365. The Hall–Kier alpha value is -1.79. The van der Waals surface area contributed by atoms with Crippen molar-refractivity contribution in [3.63, 3.8) is 0 Å². The molecule has 1 fully saturated rings. The molecule has 0 radical (unpaired) electrons. The summed E-state index contributed by atoms with van der Waals surface area (Å²) in [5.74, 6) is -1.24. The molecule has 0 aromatic carbocycles. The van der Waals surface area contributed by atoms with Gasteiger partial charge in [-0.25, -0.2) is 4.79 Å². The van der Waals surface area contributed by atoms with E-state index in [0.717, 1.165) is 12.8 Å². The van der Waals surface area contributed by atoms with E-state index in [4.69, 9.17) is 10.8 Å². The van der Waals surface area contributed by atoms with E-state index in [9.17, 15) is 14.4 Å². The number of carbonyl (C=O) groups is 3. The fourth-order valence-corrected chi connectivity index (χ4v) is 2.60. The van der Waals surface area contributed by atoms with Crippen LogP contribution in [0.3, 0.4) is 0 Å². The highest BCUT2D eigenvalue weighted by Gasteiger charge is 2.37. The maximum Gasteiger partial charge on any atom is 0.315 e. The van der Waals surface area contributed by atoms with Crippen molar-refractivity contribution in [3.8, 4) is 0 Å². The van der Waals surface area contributed by atoms with Crippen molar-refractivity contribution >= 4 is 17.9 Å². The molecular formula is C13H23N3O4. The summed E-state index contributed by atoms with van der Waals surface area (Å²) in [5.41, 5.74) is 4.40. The van der Waals surface area contributed by atoms with E-state index < -0.39 is 11.5 Å². The monoisotopic (exact) mass is 285 g/mol. The predicted octanol–water partition coefficient (Wildman–Crippen LogP) is 0.729. The Kier molecular flexibility index (Phi) is 6.27. The zero-order valence-electron chi connectivity index (χ0n) is 11.6. The van der Waals surface area contributed by atoms with Crippen molar-refractivity contribution in [2.24, 2.45) is 5.73 Å². The second kappa shape index (κ2) is 7.72. The van der Waals surface area contributed by atoms with E-state index in [1.165, 1.54) is 0 Å². The molecule has 1 aliphatic rings. The van der Waals surface area contributed by atoms with Gasteiger partial charge in [0.15, 0.2) is 0 Å². The first kappa shape index (κ1) is 16.3. The van der Waals surface area contributed by atoms with Crippen molar-refractivity contribution in [1.82, 2.24) is 10.6 Å². The van der Waals surface area contributed by atoms with Gasteiger partial charge < -0.3 is 21.5 Å². The van der Waals surface area contributed by atoms with Gasteiger partial charge in [-0.3, -0.25) is 9.59 Å². The van der Waals surface area contributed by atoms with E-state index in [1.807, 2.05) is 0 Å². The number of amides is 3. The molecule has 3 amide bonds. The third kappa shape index (κ3) is 5.90. The number of urea groups is 1. The van der Waals surface area contributed by atoms with Crippen LogP contribution in [0.2, 0.25) is 0 Å². The molecule has 0 heterocycles. The van der Waals surface area contributed by atoms with Gasteiger partial charge in [0.05, 0.1) is 12.0 Å². The molecule has 0 saturated heterocycles. The van der Waals surface area contributed by atoms with Crippen molar-refractivity contribution in [3.05, 3.63) is 0 Å². The van der Waals surface area contributed by atoms with Gasteiger partial charge in [0, 0.05) is 13.0 Å². The highest BCUT2D eigenvalue weighted by molar-refractivity contribution is 5.77. The zero-order chi connectivity index (χ0) is 15.0. The third-order valence-corrected chi connectivity index (χ3v) is 3.56. The molecule has 0 unspecified atom stereocenters. The molecule has 20 heavy (non-hydrogen) atoms. The second-order valence-corrected chi connectivity index (χ2v) is 5.36. The number of hydrogen-bond acceptors (Lipinski definition) is 3. The Morgan fingerprint density at radius 3 is 2.35 bits per heavy atom. The lowest BCUT2D eigenvalue weighted by Gasteiger charge is -2.28. The molecule has 0 bridgehead atoms. The highest BCUT2D eigenvalue weighted by atomic mass is 16.4. The van der Waals surface area contributed by atoms with Crippen LogP contribution in [-0.2, 0) is 9.59 Å². The number of unbranched alkanes of at least 4 members (excludes halogenated alkanes) is 1. The number of nitrogens with two attached hydrogens (primary N) is 1. The SMILES string of the molecule is NC(=O)CCCCNC(=O)NC1(CC(=O)O)CCCC1. The largest absolute Gasteiger partial charge is 0.481 e. The molecule has 0 aromatic rings. The first-order chi connectivity index (χ1) is 9.43. The molecule has 1 aliphatic carbocycles. The van der Waals surface area contributed by atoms with E-state index >= 15 is 0 Å². The van der Waals surface area contributed by atoms with Gasteiger partial charge in [-0.2, -0.15) is 0 Å². The summed E-state index contributed by atoms with van der Waals surface area (Å²) >= 11 is 0. The number of carboxylic acids is 1. The molecule has 5 N–H and O–H groups in total. The lowest BCUT2D eigenvalue weighted by molar-refractivity contribution is -0.138. The van der Waals surface area contributed by atoms with Crippen molar-refractivity contribution in [2.45, 2.75) is 56.9 Å². The van der Waals surface area contributed by atoms with Crippen LogP contribution in [0, 0.1) is 0 Å². The Morgan fingerprint density at radius 2 is 1.80 bits per heavy atom. The summed E-state index contributed by atoms with van der Waals surface area (Å²) in [6.45, 7) is 0.447. The van der Waals surface area contributed by atoms with E-state index in [1.54, 1.807) is 0 Å². The minimum atomic E-state index is -0.895. The topological polar surface area (TPSA) is 122 Å². The zero-order valence-corrected chi connectivity index (χ0v) is 11.6. The number of hydrogen-bond donors (Lipinski definition) is 4. The summed E-state index contributed by atoms with van der Waals surface area (Å²) in [4.78, 5) is 33.2.